The average Bonchev–Trinajstić information content (AvgIpc) is 3.51. The average molecular weight is 767 g/mol. The molecule has 1 aromatic rings. The number of carbonyl (C=O) groups is 2. The van der Waals surface area contributed by atoms with E-state index in [0.717, 1.165) is 67.2 Å². The van der Waals surface area contributed by atoms with E-state index < -0.39 is 29.4 Å². The van der Waals surface area contributed by atoms with Crippen LogP contribution in [0.2, 0.25) is 0 Å². The lowest BCUT2D eigenvalue weighted by Gasteiger charge is -2.56. The molecule has 0 radical (unpaired) electrons. The SMILES string of the molecule is C=C1/C=C/C=C(\[C@H]2CC[C@@]3([C@H](CCCO)/C(=C(/C(=O)Cc4cccc5c4OC(=O)N[C@@H]5N)C4CCCCC4)CC[C@@]3(C)O)[C@@H]2O)COCC#CC/C(C)=C/CC1. The number of Topliss-reactive ketones (excluding diaryl/α,β-unsaturated/α-hetero) is 1. The Bertz CT molecular complexity index is 1820. The normalized spacial score (nSPS) is 33.9. The molecule has 2 heterocycles. The number of amides is 1. The third-order valence-corrected chi connectivity index (χ3v) is 13.3. The lowest BCUT2D eigenvalue weighted by atomic mass is 9.52. The summed E-state index contributed by atoms with van der Waals surface area (Å²) >= 11 is 0. The number of rotatable bonds is 8. The van der Waals surface area contributed by atoms with Crippen molar-refractivity contribution in [2.24, 2.45) is 28.9 Å². The zero-order valence-electron chi connectivity index (χ0n) is 33.4. The topological polar surface area (TPSA) is 151 Å². The van der Waals surface area contributed by atoms with Crippen LogP contribution in [-0.4, -0.2) is 58.7 Å². The number of carbonyl (C=O) groups excluding carboxylic acids is 2. The summed E-state index contributed by atoms with van der Waals surface area (Å²) in [6.45, 7) is 8.74. The number of hydrogen-bond donors (Lipinski definition) is 5. The number of fused-ring (bicyclic) bond motifs is 1. The highest BCUT2D eigenvalue weighted by Crippen LogP contribution is 2.63. The quantitative estimate of drug-likeness (QED) is 0.103. The zero-order chi connectivity index (χ0) is 39.9. The van der Waals surface area contributed by atoms with Crippen LogP contribution in [-0.2, 0) is 16.0 Å². The predicted octanol–water partition coefficient (Wildman–Crippen LogP) is 7.61. The van der Waals surface area contributed by atoms with Crippen molar-refractivity contribution in [3.63, 3.8) is 0 Å². The first-order chi connectivity index (χ1) is 27.0. The minimum Gasteiger partial charge on any atom is -0.410 e. The smallest absolute Gasteiger partial charge is 0.410 e. The highest BCUT2D eigenvalue weighted by molar-refractivity contribution is 5.98. The van der Waals surface area contributed by atoms with Gasteiger partial charge in [-0.3, -0.25) is 4.79 Å². The van der Waals surface area contributed by atoms with Gasteiger partial charge in [-0.2, -0.15) is 0 Å². The molecular weight excluding hydrogens is 705 g/mol. The van der Waals surface area contributed by atoms with E-state index in [1.807, 2.05) is 37.3 Å². The summed E-state index contributed by atoms with van der Waals surface area (Å²) in [6, 6.07) is 5.46. The van der Waals surface area contributed by atoms with E-state index in [9.17, 15) is 24.9 Å². The Labute approximate surface area is 333 Å². The van der Waals surface area contributed by atoms with E-state index in [2.05, 4.69) is 36.7 Å². The molecule has 3 saturated carbocycles. The van der Waals surface area contributed by atoms with Gasteiger partial charge in [-0.15, -0.1) is 0 Å². The predicted molar refractivity (Wildman–Crippen MR) is 218 cm³/mol. The van der Waals surface area contributed by atoms with Crippen molar-refractivity contribution in [3.05, 3.63) is 88.1 Å². The van der Waals surface area contributed by atoms with Crippen molar-refractivity contribution in [1.29, 1.82) is 0 Å². The standard InChI is InChI=1S/C47H62N2O7/c1-31-13-7-8-28-55-30-35(20-10-16-32(2)15-9-14-31)36-24-26-47(43(36)52)39(22-12-27-50)37(23-25-46(47,3)54)41(33-17-5-4-6-18-33)40(51)29-34-19-11-21-38-42(34)56-45(53)49-44(38)48/h10-11,14,16,19-21,33,36,39,43-44,50,52,54H,2,4-6,9,12-13,15,17-18,22-30,48H2,1,3H3,(H,49,53)/b16-10+,31-14+,35-20-,41-37+/t36-,39-,43-,44+,46-,47-/m1/s1. The fourth-order valence-electron chi connectivity index (χ4n) is 10.4. The number of allylic oxidation sites excluding steroid dienone is 8. The number of hydrogen-bond acceptors (Lipinski definition) is 8. The molecule has 0 saturated heterocycles. The summed E-state index contributed by atoms with van der Waals surface area (Å²) < 4.78 is 11.7. The van der Waals surface area contributed by atoms with Crippen molar-refractivity contribution < 1.29 is 34.4 Å². The summed E-state index contributed by atoms with van der Waals surface area (Å²) in [5.41, 5.74) is 10.3. The van der Waals surface area contributed by atoms with Crippen LogP contribution >= 0.6 is 0 Å². The molecule has 6 atom stereocenters. The molecule has 9 nitrogen and oxygen atoms in total. The number of ketones is 1. The number of aliphatic hydroxyl groups excluding tert-OH is 2. The van der Waals surface area contributed by atoms with Gasteiger partial charge in [0.15, 0.2) is 5.78 Å². The maximum absolute atomic E-state index is 15.0. The van der Waals surface area contributed by atoms with Crippen molar-refractivity contribution in [1.82, 2.24) is 5.32 Å². The summed E-state index contributed by atoms with van der Waals surface area (Å²) in [5, 5.41) is 38.2. The zero-order valence-corrected chi connectivity index (χ0v) is 33.4. The molecule has 0 bridgehead atoms. The van der Waals surface area contributed by atoms with Crippen LogP contribution in [0.1, 0.15) is 121 Å². The number of nitrogens with one attached hydrogen (secondary N) is 1. The monoisotopic (exact) mass is 766 g/mol. The van der Waals surface area contributed by atoms with Gasteiger partial charge in [0.05, 0.1) is 18.3 Å². The molecule has 1 spiro atoms. The molecule has 3 aliphatic carbocycles. The van der Waals surface area contributed by atoms with Crippen molar-refractivity contribution in [2.45, 2.75) is 128 Å². The maximum Gasteiger partial charge on any atom is 0.414 e. The van der Waals surface area contributed by atoms with E-state index in [1.54, 1.807) is 6.07 Å². The largest absolute Gasteiger partial charge is 0.414 e. The van der Waals surface area contributed by atoms with Gasteiger partial charge >= 0.3 is 6.09 Å². The van der Waals surface area contributed by atoms with E-state index in [4.69, 9.17) is 15.2 Å². The minimum absolute atomic E-state index is 0.0204. The second kappa shape index (κ2) is 18.7. The van der Waals surface area contributed by atoms with Crippen LogP contribution in [0, 0.1) is 35.0 Å². The van der Waals surface area contributed by atoms with Crippen LogP contribution < -0.4 is 15.8 Å². The molecule has 0 unspecified atom stereocenters. The molecule has 5 aliphatic rings. The Hall–Kier alpha value is -3.78. The van der Waals surface area contributed by atoms with Gasteiger partial charge in [0.1, 0.15) is 18.5 Å². The van der Waals surface area contributed by atoms with Gasteiger partial charge < -0.3 is 35.8 Å². The van der Waals surface area contributed by atoms with Gasteiger partial charge in [0, 0.05) is 41.9 Å². The third kappa shape index (κ3) is 9.01. The fourth-order valence-corrected chi connectivity index (χ4v) is 10.4. The number of aliphatic hydroxyl groups is 3. The molecule has 2 aliphatic heterocycles. The first-order valence-corrected chi connectivity index (χ1v) is 20.8. The summed E-state index contributed by atoms with van der Waals surface area (Å²) in [5.74, 6) is 6.09. The van der Waals surface area contributed by atoms with Gasteiger partial charge in [0.25, 0.3) is 0 Å². The minimum atomic E-state index is -1.23. The first kappa shape index (κ1) is 41.8. The number of ether oxygens (including phenoxy) is 2. The van der Waals surface area contributed by atoms with Gasteiger partial charge in [0.2, 0.25) is 0 Å². The van der Waals surface area contributed by atoms with Gasteiger partial charge in [-0.1, -0.05) is 96.9 Å². The molecule has 9 heteroatoms. The maximum atomic E-state index is 15.0. The van der Waals surface area contributed by atoms with Crippen LogP contribution in [0.4, 0.5) is 4.79 Å². The van der Waals surface area contributed by atoms with Crippen molar-refractivity contribution in [3.8, 4) is 17.6 Å². The fraction of sp³-hybridized carbons (Fsp3) is 0.574. The molecule has 6 N–H and O–H groups in total. The Morgan fingerprint density at radius 3 is 2.71 bits per heavy atom. The molecule has 56 heavy (non-hydrogen) atoms. The van der Waals surface area contributed by atoms with Crippen LogP contribution in [0.5, 0.6) is 5.75 Å². The van der Waals surface area contributed by atoms with Gasteiger partial charge in [-0.05, 0) is 101 Å². The van der Waals surface area contributed by atoms with Gasteiger partial charge in [-0.25, -0.2) is 4.79 Å². The van der Waals surface area contributed by atoms with Crippen LogP contribution in [0.3, 0.4) is 0 Å². The lowest BCUT2D eigenvalue weighted by Crippen LogP contribution is -2.59. The number of benzene rings is 1. The highest BCUT2D eigenvalue weighted by Gasteiger charge is 2.64. The summed E-state index contributed by atoms with van der Waals surface area (Å²) in [6.07, 6.45) is 16.5. The molecule has 3 fully saturated rings. The summed E-state index contributed by atoms with van der Waals surface area (Å²) in [4.78, 5) is 27.3. The van der Waals surface area contributed by atoms with E-state index in [-0.39, 0.29) is 43.2 Å². The molecule has 1 aromatic carbocycles. The van der Waals surface area contributed by atoms with E-state index in [0.29, 0.717) is 68.4 Å². The van der Waals surface area contributed by atoms with E-state index in [1.165, 1.54) is 5.57 Å². The molecular formula is C47H62N2O7. The Balaban J connectivity index is 1.39. The molecule has 1 amide bonds. The second-order valence-corrected chi connectivity index (χ2v) is 16.9. The Morgan fingerprint density at radius 2 is 1.93 bits per heavy atom. The second-order valence-electron chi connectivity index (χ2n) is 16.9. The van der Waals surface area contributed by atoms with E-state index >= 15 is 0 Å². The van der Waals surface area contributed by atoms with Crippen molar-refractivity contribution in [2.75, 3.05) is 19.8 Å². The Morgan fingerprint density at radius 1 is 1.12 bits per heavy atom. The Kier molecular flexibility index (Phi) is 13.9. The summed E-state index contributed by atoms with van der Waals surface area (Å²) in [7, 11) is 0. The molecule has 6 rings (SSSR count). The van der Waals surface area contributed by atoms with Crippen LogP contribution in [0.15, 0.2) is 76.9 Å². The first-order valence-electron chi connectivity index (χ1n) is 20.8. The highest BCUT2D eigenvalue weighted by atomic mass is 16.6. The van der Waals surface area contributed by atoms with Crippen LogP contribution in [0.25, 0.3) is 0 Å². The number of nitrogens with two attached hydrogens (primary N) is 1. The molecule has 0 aromatic heterocycles. The third-order valence-electron chi connectivity index (χ3n) is 13.3. The van der Waals surface area contributed by atoms with Crippen molar-refractivity contribution >= 4 is 11.9 Å². The number of para-hydroxylation sites is 1. The molecule has 302 valence electrons. The lowest BCUT2D eigenvalue weighted by molar-refractivity contribution is -0.168.